The summed E-state index contributed by atoms with van der Waals surface area (Å²) < 4.78 is 13.6. The molecule has 0 aliphatic carbocycles. The third-order valence-corrected chi connectivity index (χ3v) is 3.58. The molecule has 2 atom stereocenters. The average molecular weight is 322 g/mol. The van der Waals surface area contributed by atoms with Gasteiger partial charge in [0.1, 0.15) is 5.82 Å². The van der Waals surface area contributed by atoms with Crippen LogP contribution in [0.25, 0.3) is 0 Å². The Bertz CT molecular complexity index is 327. The van der Waals surface area contributed by atoms with Crippen LogP contribution in [0.2, 0.25) is 0 Å². The van der Waals surface area contributed by atoms with E-state index in [1.807, 2.05) is 0 Å². The Morgan fingerprint density at radius 3 is 2.67 bits per heavy atom. The van der Waals surface area contributed by atoms with E-state index in [4.69, 9.17) is 0 Å². The molecule has 15 heavy (non-hydrogen) atoms. The molecule has 0 aliphatic heterocycles. The number of rotatable bonds is 4. The monoisotopic (exact) mass is 322 g/mol. The van der Waals surface area contributed by atoms with Crippen LogP contribution in [0, 0.1) is 15.3 Å². The molecular formula is C12H16FIO. The van der Waals surface area contributed by atoms with Gasteiger partial charge in [-0.15, -0.1) is 0 Å². The average Bonchev–Trinajstić information content (AvgIpc) is 2.17. The van der Waals surface area contributed by atoms with Crippen molar-refractivity contribution in [2.75, 3.05) is 0 Å². The first kappa shape index (κ1) is 12.9. The minimum absolute atomic E-state index is 0.251. The van der Waals surface area contributed by atoms with Gasteiger partial charge in [0.25, 0.3) is 0 Å². The first-order chi connectivity index (χ1) is 7.04. The van der Waals surface area contributed by atoms with Crippen molar-refractivity contribution in [1.82, 2.24) is 0 Å². The van der Waals surface area contributed by atoms with E-state index in [0.717, 1.165) is 22.0 Å². The highest BCUT2D eigenvalue weighted by Crippen LogP contribution is 2.26. The zero-order valence-electron chi connectivity index (χ0n) is 9.00. The summed E-state index contributed by atoms with van der Waals surface area (Å²) in [6.45, 7) is 4.21. The van der Waals surface area contributed by atoms with Gasteiger partial charge in [0.15, 0.2) is 0 Å². The van der Waals surface area contributed by atoms with E-state index in [1.54, 1.807) is 6.07 Å². The maximum Gasteiger partial charge on any atom is 0.124 e. The number of aliphatic hydroxyl groups excluding tert-OH is 1. The highest BCUT2D eigenvalue weighted by molar-refractivity contribution is 14.1. The van der Waals surface area contributed by atoms with Crippen molar-refractivity contribution in [2.45, 2.75) is 32.8 Å². The molecule has 0 fully saturated rings. The Balaban J connectivity index is 2.77. The van der Waals surface area contributed by atoms with Crippen LogP contribution in [0.5, 0.6) is 0 Å². The standard InChI is InChI=1S/C12H16FIO/c1-3-8(2)6-12(15)10-5-4-9(13)7-11(10)14/h4-5,7-8,12,15H,3,6H2,1-2H3. The topological polar surface area (TPSA) is 20.2 Å². The van der Waals surface area contributed by atoms with Crippen LogP contribution in [0.15, 0.2) is 18.2 Å². The second-order valence-electron chi connectivity index (χ2n) is 3.93. The second-order valence-corrected chi connectivity index (χ2v) is 5.09. The molecular weight excluding hydrogens is 306 g/mol. The van der Waals surface area contributed by atoms with Crippen molar-refractivity contribution in [3.8, 4) is 0 Å². The normalized spacial score (nSPS) is 15.0. The molecule has 0 saturated heterocycles. The van der Waals surface area contributed by atoms with Gasteiger partial charge in [0.2, 0.25) is 0 Å². The quantitative estimate of drug-likeness (QED) is 0.834. The first-order valence-electron chi connectivity index (χ1n) is 5.17. The van der Waals surface area contributed by atoms with Gasteiger partial charge in [-0.05, 0) is 52.6 Å². The predicted octanol–water partition coefficient (Wildman–Crippen LogP) is 3.90. The Hall–Kier alpha value is -0.160. The highest BCUT2D eigenvalue weighted by Gasteiger charge is 2.14. The summed E-state index contributed by atoms with van der Waals surface area (Å²) in [5.74, 6) is 0.236. The molecule has 1 nitrogen and oxygen atoms in total. The van der Waals surface area contributed by atoms with Crippen LogP contribution >= 0.6 is 22.6 Å². The molecule has 84 valence electrons. The van der Waals surface area contributed by atoms with E-state index in [-0.39, 0.29) is 5.82 Å². The van der Waals surface area contributed by atoms with E-state index in [1.165, 1.54) is 12.1 Å². The molecule has 0 heterocycles. The SMILES string of the molecule is CCC(C)CC(O)c1ccc(F)cc1I. The fourth-order valence-electron chi connectivity index (χ4n) is 1.45. The molecule has 1 rings (SSSR count). The summed E-state index contributed by atoms with van der Waals surface area (Å²) in [5.41, 5.74) is 0.831. The molecule has 0 aliphatic rings. The van der Waals surface area contributed by atoms with E-state index in [2.05, 4.69) is 36.4 Å². The van der Waals surface area contributed by atoms with Crippen LogP contribution in [0.3, 0.4) is 0 Å². The molecule has 0 aromatic heterocycles. The van der Waals surface area contributed by atoms with Crippen molar-refractivity contribution in [2.24, 2.45) is 5.92 Å². The van der Waals surface area contributed by atoms with Crippen molar-refractivity contribution in [1.29, 1.82) is 0 Å². The number of halogens is 2. The van der Waals surface area contributed by atoms with Gasteiger partial charge in [0.05, 0.1) is 6.10 Å². The third-order valence-electron chi connectivity index (χ3n) is 2.64. The van der Waals surface area contributed by atoms with Crippen LogP contribution in [-0.2, 0) is 0 Å². The molecule has 1 N–H and O–H groups in total. The lowest BCUT2D eigenvalue weighted by Crippen LogP contribution is -2.05. The van der Waals surface area contributed by atoms with E-state index < -0.39 is 6.10 Å². The van der Waals surface area contributed by atoms with E-state index in [9.17, 15) is 9.50 Å². The largest absolute Gasteiger partial charge is 0.388 e. The molecule has 0 saturated carbocycles. The van der Waals surface area contributed by atoms with E-state index in [0.29, 0.717) is 5.92 Å². The van der Waals surface area contributed by atoms with Crippen LogP contribution in [0.1, 0.15) is 38.4 Å². The van der Waals surface area contributed by atoms with Gasteiger partial charge >= 0.3 is 0 Å². The molecule has 3 heteroatoms. The van der Waals surface area contributed by atoms with Gasteiger partial charge in [-0.1, -0.05) is 26.3 Å². The minimum Gasteiger partial charge on any atom is -0.388 e. The van der Waals surface area contributed by atoms with Gasteiger partial charge in [-0.25, -0.2) is 4.39 Å². The number of hydrogen-bond acceptors (Lipinski definition) is 1. The Kier molecular flexibility index (Phi) is 4.99. The molecule has 0 radical (unpaired) electrons. The van der Waals surface area contributed by atoms with Crippen molar-refractivity contribution >= 4 is 22.6 Å². The second kappa shape index (κ2) is 5.80. The number of benzene rings is 1. The number of aliphatic hydroxyl groups is 1. The zero-order chi connectivity index (χ0) is 11.4. The molecule has 1 aromatic carbocycles. The smallest absolute Gasteiger partial charge is 0.124 e. The minimum atomic E-state index is -0.479. The number of hydrogen-bond donors (Lipinski definition) is 1. The summed E-state index contributed by atoms with van der Waals surface area (Å²) >= 11 is 2.06. The van der Waals surface area contributed by atoms with Gasteiger partial charge in [0, 0.05) is 3.57 Å². The Morgan fingerprint density at radius 1 is 1.47 bits per heavy atom. The predicted molar refractivity (Wildman–Crippen MR) is 68.1 cm³/mol. The lowest BCUT2D eigenvalue weighted by atomic mass is 9.96. The van der Waals surface area contributed by atoms with E-state index >= 15 is 0 Å². The Labute approximate surface area is 104 Å². The lowest BCUT2D eigenvalue weighted by molar-refractivity contribution is 0.145. The maximum absolute atomic E-state index is 12.9. The Morgan fingerprint density at radius 2 is 2.13 bits per heavy atom. The van der Waals surface area contributed by atoms with Crippen molar-refractivity contribution < 1.29 is 9.50 Å². The van der Waals surface area contributed by atoms with Gasteiger partial charge < -0.3 is 5.11 Å². The molecule has 0 amide bonds. The van der Waals surface area contributed by atoms with Crippen LogP contribution in [-0.4, -0.2) is 5.11 Å². The van der Waals surface area contributed by atoms with Gasteiger partial charge in [-0.3, -0.25) is 0 Å². The molecule has 0 bridgehead atoms. The lowest BCUT2D eigenvalue weighted by Gasteiger charge is -2.16. The maximum atomic E-state index is 12.9. The summed E-state index contributed by atoms with van der Waals surface area (Å²) in [6.07, 6.45) is 1.31. The summed E-state index contributed by atoms with van der Waals surface area (Å²) in [6, 6.07) is 4.53. The van der Waals surface area contributed by atoms with Crippen molar-refractivity contribution in [3.05, 3.63) is 33.1 Å². The zero-order valence-corrected chi connectivity index (χ0v) is 11.2. The first-order valence-corrected chi connectivity index (χ1v) is 6.25. The van der Waals surface area contributed by atoms with Crippen LogP contribution < -0.4 is 0 Å². The third kappa shape index (κ3) is 3.72. The van der Waals surface area contributed by atoms with Crippen molar-refractivity contribution in [3.63, 3.8) is 0 Å². The summed E-state index contributed by atoms with van der Waals surface area (Å²) in [4.78, 5) is 0. The van der Waals surface area contributed by atoms with Gasteiger partial charge in [-0.2, -0.15) is 0 Å². The fourth-order valence-corrected chi connectivity index (χ4v) is 2.28. The summed E-state index contributed by atoms with van der Waals surface area (Å²) in [7, 11) is 0. The molecule has 1 aromatic rings. The molecule has 2 unspecified atom stereocenters. The molecule has 0 spiro atoms. The fraction of sp³-hybridized carbons (Fsp3) is 0.500. The highest BCUT2D eigenvalue weighted by atomic mass is 127. The van der Waals surface area contributed by atoms with Crippen LogP contribution in [0.4, 0.5) is 4.39 Å². The summed E-state index contributed by atoms with van der Waals surface area (Å²) in [5, 5.41) is 9.97.